The van der Waals surface area contributed by atoms with Crippen molar-refractivity contribution in [2.24, 2.45) is 0 Å². The first-order valence-electron chi connectivity index (χ1n) is 8.82. The summed E-state index contributed by atoms with van der Waals surface area (Å²) in [5.74, 6) is -0.301. The van der Waals surface area contributed by atoms with Crippen LogP contribution in [0.3, 0.4) is 0 Å². The maximum Gasteiger partial charge on any atom is 0.317 e. The third-order valence-corrected chi connectivity index (χ3v) is 4.67. The van der Waals surface area contributed by atoms with E-state index in [1.807, 2.05) is 12.1 Å². The van der Waals surface area contributed by atoms with Crippen molar-refractivity contribution in [1.29, 1.82) is 0 Å². The van der Waals surface area contributed by atoms with Crippen molar-refractivity contribution in [3.63, 3.8) is 0 Å². The van der Waals surface area contributed by atoms with Gasteiger partial charge in [-0.05, 0) is 42.0 Å². The topological polar surface area (TPSA) is 101 Å². The third kappa shape index (κ3) is 6.18. The summed E-state index contributed by atoms with van der Waals surface area (Å²) in [5, 5.41) is 14.8. The lowest BCUT2D eigenvalue weighted by Gasteiger charge is -2.08. The fourth-order valence-corrected chi connectivity index (χ4v) is 2.76. The van der Waals surface area contributed by atoms with Crippen LogP contribution in [0.1, 0.15) is 15.9 Å². The molecule has 2 aromatic carbocycles. The maximum atomic E-state index is 12.3. The molecule has 0 aliphatic rings. The summed E-state index contributed by atoms with van der Waals surface area (Å²) in [6, 6.07) is 15.1. The van der Waals surface area contributed by atoms with Crippen molar-refractivity contribution in [2.75, 3.05) is 11.9 Å². The Hall–Kier alpha value is -3.13. The number of aliphatic carboxylic acids is 1. The van der Waals surface area contributed by atoms with Crippen molar-refractivity contribution in [1.82, 2.24) is 10.3 Å². The highest BCUT2D eigenvalue weighted by atomic mass is 35.5. The molecule has 30 heavy (non-hydrogen) atoms. The maximum absolute atomic E-state index is 12.3. The number of carboxylic acids is 1. The van der Waals surface area contributed by atoms with E-state index in [0.29, 0.717) is 39.5 Å². The molecule has 0 aliphatic heterocycles. The summed E-state index contributed by atoms with van der Waals surface area (Å²) < 4.78 is 5.68. The average Bonchev–Trinajstić information content (AvgIpc) is 2.72. The number of hydrogen-bond acceptors (Lipinski definition) is 5. The van der Waals surface area contributed by atoms with Gasteiger partial charge in [0.1, 0.15) is 5.75 Å². The van der Waals surface area contributed by atoms with Gasteiger partial charge in [0.25, 0.3) is 5.91 Å². The first kappa shape index (κ1) is 21.6. The van der Waals surface area contributed by atoms with Crippen LogP contribution in [-0.2, 0) is 11.3 Å². The number of pyridine rings is 1. The second-order valence-electron chi connectivity index (χ2n) is 6.21. The normalized spacial score (nSPS) is 10.5. The Morgan fingerprint density at radius 3 is 2.40 bits per heavy atom. The van der Waals surface area contributed by atoms with Gasteiger partial charge in [0.05, 0.1) is 28.5 Å². The van der Waals surface area contributed by atoms with Gasteiger partial charge in [0.2, 0.25) is 5.88 Å². The van der Waals surface area contributed by atoms with Gasteiger partial charge < -0.3 is 20.5 Å². The second-order valence-corrected chi connectivity index (χ2v) is 7.03. The Kier molecular flexibility index (Phi) is 7.24. The molecule has 0 atom stereocenters. The van der Waals surface area contributed by atoms with Gasteiger partial charge in [-0.15, -0.1) is 0 Å². The number of carbonyl (C=O) groups is 2. The van der Waals surface area contributed by atoms with Crippen molar-refractivity contribution in [2.45, 2.75) is 6.54 Å². The highest BCUT2D eigenvalue weighted by Gasteiger charge is 2.09. The molecule has 3 rings (SSSR count). The molecular weight excluding hydrogens is 429 g/mol. The van der Waals surface area contributed by atoms with Crippen molar-refractivity contribution >= 4 is 40.8 Å². The van der Waals surface area contributed by atoms with E-state index in [4.69, 9.17) is 33.0 Å². The Morgan fingerprint density at radius 2 is 1.77 bits per heavy atom. The molecule has 1 aromatic heterocycles. The van der Waals surface area contributed by atoms with E-state index in [0.717, 1.165) is 5.56 Å². The molecule has 1 heterocycles. The first-order chi connectivity index (χ1) is 14.4. The minimum atomic E-state index is -0.905. The van der Waals surface area contributed by atoms with Crippen LogP contribution in [0.15, 0.2) is 60.8 Å². The van der Waals surface area contributed by atoms with E-state index >= 15 is 0 Å². The molecule has 0 saturated carbocycles. The lowest BCUT2D eigenvalue weighted by Crippen LogP contribution is -2.21. The Bertz CT molecular complexity index is 1040. The number of benzene rings is 2. The summed E-state index contributed by atoms with van der Waals surface area (Å²) in [6.45, 7) is 0.341. The van der Waals surface area contributed by atoms with Crippen LogP contribution >= 0.6 is 23.2 Å². The van der Waals surface area contributed by atoms with Crippen molar-refractivity contribution in [3.8, 4) is 11.6 Å². The van der Waals surface area contributed by atoms with Crippen LogP contribution < -0.4 is 15.4 Å². The van der Waals surface area contributed by atoms with Gasteiger partial charge in [0.15, 0.2) is 0 Å². The fourth-order valence-electron chi connectivity index (χ4n) is 2.47. The molecule has 1 amide bonds. The highest BCUT2D eigenvalue weighted by Crippen LogP contribution is 2.24. The summed E-state index contributed by atoms with van der Waals surface area (Å²) in [4.78, 5) is 27.0. The first-order valence-corrected chi connectivity index (χ1v) is 9.58. The van der Waals surface area contributed by atoms with Crippen molar-refractivity contribution in [3.05, 3.63) is 82.0 Å². The highest BCUT2D eigenvalue weighted by molar-refractivity contribution is 6.42. The molecule has 0 radical (unpaired) electrons. The summed E-state index contributed by atoms with van der Waals surface area (Å²) in [6.07, 6.45) is 1.48. The Morgan fingerprint density at radius 1 is 1.00 bits per heavy atom. The molecule has 0 fully saturated rings. The summed E-state index contributed by atoms with van der Waals surface area (Å²) in [7, 11) is 0. The smallest absolute Gasteiger partial charge is 0.317 e. The lowest BCUT2D eigenvalue weighted by atomic mass is 10.2. The molecule has 3 N–H and O–H groups in total. The monoisotopic (exact) mass is 445 g/mol. The summed E-state index contributed by atoms with van der Waals surface area (Å²) in [5.41, 5.74) is 1.80. The molecule has 0 bridgehead atoms. The number of carboxylic acid groups (broad SMARTS) is 1. The number of anilines is 1. The Labute approximate surface area is 182 Å². The van der Waals surface area contributed by atoms with Crippen LogP contribution in [0, 0.1) is 0 Å². The van der Waals surface area contributed by atoms with Gasteiger partial charge in [-0.3, -0.25) is 9.59 Å². The van der Waals surface area contributed by atoms with Gasteiger partial charge in [0, 0.05) is 18.2 Å². The van der Waals surface area contributed by atoms with Gasteiger partial charge in [-0.1, -0.05) is 35.3 Å². The van der Waals surface area contributed by atoms with Gasteiger partial charge in [-0.25, -0.2) is 4.98 Å². The minimum Gasteiger partial charge on any atom is -0.480 e. The molecule has 0 spiro atoms. The number of amides is 1. The van der Waals surface area contributed by atoms with Gasteiger partial charge in [-0.2, -0.15) is 0 Å². The van der Waals surface area contributed by atoms with E-state index in [1.165, 1.54) is 12.3 Å². The quantitative estimate of drug-likeness (QED) is 0.468. The van der Waals surface area contributed by atoms with E-state index in [1.54, 1.807) is 36.4 Å². The summed E-state index contributed by atoms with van der Waals surface area (Å²) >= 11 is 11.8. The molecule has 154 valence electrons. The van der Waals surface area contributed by atoms with Crippen LogP contribution in [-0.4, -0.2) is 28.5 Å². The minimum absolute atomic E-state index is 0.101. The predicted octanol–water partition coefficient (Wildman–Crippen LogP) is 4.61. The number of carbonyl (C=O) groups excluding carboxylic acids is 1. The number of nitrogens with zero attached hydrogens (tertiary/aromatic N) is 1. The van der Waals surface area contributed by atoms with Crippen molar-refractivity contribution < 1.29 is 19.4 Å². The van der Waals surface area contributed by atoms with Crippen LogP contribution in [0.4, 0.5) is 5.69 Å². The molecule has 0 aliphatic carbocycles. The van der Waals surface area contributed by atoms with Crippen LogP contribution in [0.2, 0.25) is 10.0 Å². The number of hydrogen-bond donors (Lipinski definition) is 3. The number of aromatic nitrogens is 1. The SMILES string of the molecule is O=C(O)CNCc1ccc(Oc2ccc(NC(=O)c3ccc(Cl)c(Cl)c3)cn2)cc1. The Balaban J connectivity index is 1.55. The zero-order valence-corrected chi connectivity index (χ0v) is 17.1. The average molecular weight is 446 g/mol. The van der Waals surface area contributed by atoms with E-state index in [-0.39, 0.29) is 12.5 Å². The molecule has 0 unspecified atom stereocenters. The predicted molar refractivity (Wildman–Crippen MR) is 115 cm³/mol. The van der Waals surface area contributed by atoms with E-state index < -0.39 is 5.97 Å². The largest absolute Gasteiger partial charge is 0.480 e. The molecule has 7 nitrogen and oxygen atoms in total. The fraction of sp³-hybridized carbons (Fsp3) is 0.0952. The van der Waals surface area contributed by atoms with E-state index in [2.05, 4.69) is 15.6 Å². The van der Waals surface area contributed by atoms with Crippen LogP contribution in [0.25, 0.3) is 0 Å². The standard InChI is InChI=1S/C21H17Cl2N3O4/c22-17-7-3-14(9-18(17)23)21(29)26-15-4-8-19(25-11-15)30-16-5-1-13(2-6-16)10-24-12-20(27)28/h1-9,11,24H,10,12H2,(H,26,29)(H,27,28). The third-order valence-electron chi connectivity index (χ3n) is 3.93. The number of nitrogens with one attached hydrogen (secondary N) is 2. The molecule has 9 heteroatoms. The van der Waals surface area contributed by atoms with Crippen LogP contribution in [0.5, 0.6) is 11.6 Å². The zero-order valence-electron chi connectivity index (χ0n) is 15.6. The number of rotatable bonds is 8. The molecular formula is C21H17Cl2N3O4. The number of ether oxygens (including phenoxy) is 1. The molecule has 3 aromatic rings. The number of halogens is 2. The second kappa shape index (κ2) is 10.1. The zero-order chi connectivity index (χ0) is 21.5. The van der Waals surface area contributed by atoms with E-state index in [9.17, 15) is 9.59 Å². The van der Waals surface area contributed by atoms with Gasteiger partial charge >= 0.3 is 5.97 Å². The lowest BCUT2D eigenvalue weighted by molar-refractivity contribution is -0.136. The molecule has 0 saturated heterocycles.